The molecule has 104 valence electrons. The minimum atomic E-state index is -0.425. The smallest absolute Gasteiger partial charge is 0.251 e. The monoisotopic (exact) mass is 279 g/mol. The van der Waals surface area contributed by atoms with E-state index in [4.69, 9.17) is 0 Å². The molecule has 0 amide bonds. The van der Waals surface area contributed by atoms with Gasteiger partial charge in [0.15, 0.2) is 0 Å². The summed E-state index contributed by atoms with van der Waals surface area (Å²) in [6.45, 7) is 0. The zero-order valence-electron chi connectivity index (χ0n) is 11.3. The van der Waals surface area contributed by atoms with Crippen molar-refractivity contribution >= 4 is 0 Å². The molecule has 0 aliphatic carbocycles. The molecule has 0 unspecified atom stereocenters. The molecule has 1 heterocycles. The third-order valence-corrected chi connectivity index (χ3v) is 3.41. The Balaban J connectivity index is 2.22. The molecule has 0 N–H and O–H groups in total. The van der Waals surface area contributed by atoms with Gasteiger partial charge in [-0.05, 0) is 17.2 Å². The van der Waals surface area contributed by atoms with Crippen molar-refractivity contribution in [2.75, 3.05) is 0 Å². The molecule has 3 rings (SSSR count). The molecular formula is C18H14FNO. The Kier molecular flexibility index (Phi) is 3.65. The summed E-state index contributed by atoms with van der Waals surface area (Å²) in [5, 5.41) is 0. The average Bonchev–Trinajstić information content (AvgIpc) is 2.53. The van der Waals surface area contributed by atoms with E-state index in [-0.39, 0.29) is 11.6 Å². The molecule has 0 fully saturated rings. The van der Waals surface area contributed by atoms with Gasteiger partial charge >= 0.3 is 0 Å². The number of hydrogen-bond donors (Lipinski definition) is 0. The van der Waals surface area contributed by atoms with Gasteiger partial charge < -0.3 is 4.57 Å². The van der Waals surface area contributed by atoms with Crippen molar-refractivity contribution in [3.8, 4) is 0 Å². The maximum Gasteiger partial charge on any atom is 0.251 e. The third kappa shape index (κ3) is 2.77. The molecule has 1 aromatic heterocycles. The van der Waals surface area contributed by atoms with Gasteiger partial charge in [0, 0.05) is 12.3 Å². The predicted molar refractivity (Wildman–Crippen MR) is 80.8 cm³/mol. The average molecular weight is 279 g/mol. The fraction of sp³-hybridized carbons (Fsp3) is 0.0556. The molecule has 0 bridgehead atoms. The molecule has 3 heteroatoms. The first kappa shape index (κ1) is 13.3. The first-order chi connectivity index (χ1) is 10.3. The lowest BCUT2D eigenvalue weighted by Gasteiger charge is -2.21. The fourth-order valence-corrected chi connectivity index (χ4v) is 2.46. The maximum absolute atomic E-state index is 13.6. The van der Waals surface area contributed by atoms with Crippen LogP contribution < -0.4 is 5.56 Å². The second-order valence-corrected chi connectivity index (χ2v) is 4.82. The molecule has 21 heavy (non-hydrogen) atoms. The van der Waals surface area contributed by atoms with E-state index >= 15 is 0 Å². The zero-order valence-corrected chi connectivity index (χ0v) is 11.3. The second-order valence-electron chi connectivity index (χ2n) is 4.82. The maximum atomic E-state index is 13.6. The highest BCUT2D eigenvalue weighted by atomic mass is 19.1. The van der Waals surface area contributed by atoms with Crippen LogP contribution in [0.4, 0.5) is 4.39 Å². The minimum absolute atomic E-state index is 0.228. The molecule has 3 aromatic rings. The Hall–Kier alpha value is -2.68. The lowest BCUT2D eigenvalue weighted by atomic mass is 9.98. The highest BCUT2D eigenvalue weighted by Gasteiger charge is 2.17. The van der Waals surface area contributed by atoms with Crippen LogP contribution >= 0.6 is 0 Å². The number of nitrogens with zero attached hydrogens (tertiary/aromatic N) is 1. The van der Waals surface area contributed by atoms with Gasteiger partial charge in [0.2, 0.25) is 0 Å². The lowest BCUT2D eigenvalue weighted by Crippen LogP contribution is -2.25. The van der Waals surface area contributed by atoms with Crippen molar-refractivity contribution in [1.29, 1.82) is 0 Å². The van der Waals surface area contributed by atoms with E-state index in [0.717, 1.165) is 11.1 Å². The van der Waals surface area contributed by atoms with Crippen molar-refractivity contribution in [2.45, 2.75) is 6.04 Å². The van der Waals surface area contributed by atoms with Crippen LogP contribution in [0.3, 0.4) is 0 Å². The summed E-state index contributed by atoms with van der Waals surface area (Å²) >= 11 is 0. The van der Waals surface area contributed by atoms with E-state index in [1.165, 1.54) is 22.9 Å². The van der Waals surface area contributed by atoms with Gasteiger partial charge in [-0.3, -0.25) is 4.79 Å². The Morgan fingerprint density at radius 3 is 1.81 bits per heavy atom. The van der Waals surface area contributed by atoms with Crippen molar-refractivity contribution in [1.82, 2.24) is 4.57 Å². The lowest BCUT2D eigenvalue weighted by molar-refractivity contribution is 0.571. The quantitative estimate of drug-likeness (QED) is 0.717. The minimum Gasteiger partial charge on any atom is -0.301 e. The normalized spacial score (nSPS) is 10.8. The molecule has 2 aromatic carbocycles. The van der Waals surface area contributed by atoms with Crippen LogP contribution in [0.25, 0.3) is 0 Å². The van der Waals surface area contributed by atoms with Crippen molar-refractivity contribution in [3.63, 3.8) is 0 Å². The molecular weight excluding hydrogens is 265 g/mol. The first-order valence-corrected chi connectivity index (χ1v) is 6.73. The zero-order chi connectivity index (χ0) is 14.7. The molecule has 0 radical (unpaired) electrons. The van der Waals surface area contributed by atoms with Gasteiger partial charge in [0.25, 0.3) is 5.56 Å². The third-order valence-electron chi connectivity index (χ3n) is 3.41. The van der Waals surface area contributed by atoms with Crippen LogP contribution in [0.15, 0.2) is 83.8 Å². The Morgan fingerprint density at radius 2 is 1.29 bits per heavy atom. The Bertz CT molecular complexity index is 742. The van der Waals surface area contributed by atoms with E-state index in [1.807, 2.05) is 60.7 Å². The van der Waals surface area contributed by atoms with E-state index < -0.39 is 5.82 Å². The predicted octanol–water partition coefficient (Wildman–Crippen LogP) is 3.63. The molecule has 0 aliphatic rings. The number of aromatic nitrogens is 1. The summed E-state index contributed by atoms with van der Waals surface area (Å²) in [5.74, 6) is -0.425. The van der Waals surface area contributed by atoms with E-state index in [1.54, 1.807) is 0 Å². The van der Waals surface area contributed by atoms with Gasteiger partial charge in [0.05, 0.1) is 6.04 Å². The van der Waals surface area contributed by atoms with Gasteiger partial charge in [-0.2, -0.15) is 0 Å². The molecule has 0 saturated carbocycles. The summed E-state index contributed by atoms with van der Waals surface area (Å²) in [4.78, 5) is 12.2. The van der Waals surface area contributed by atoms with E-state index in [2.05, 4.69) is 0 Å². The number of benzene rings is 2. The van der Waals surface area contributed by atoms with Crippen molar-refractivity contribution in [2.24, 2.45) is 0 Å². The summed E-state index contributed by atoms with van der Waals surface area (Å²) in [6, 6.07) is 21.3. The summed E-state index contributed by atoms with van der Waals surface area (Å²) in [5.41, 5.74) is 1.65. The Morgan fingerprint density at radius 1 is 0.762 bits per heavy atom. The van der Waals surface area contributed by atoms with Crippen LogP contribution in [0, 0.1) is 5.82 Å². The fourth-order valence-electron chi connectivity index (χ4n) is 2.46. The second kappa shape index (κ2) is 5.75. The molecule has 0 spiro atoms. The number of pyridine rings is 1. The summed E-state index contributed by atoms with van der Waals surface area (Å²) in [7, 11) is 0. The standard InChI is InChI=1S/C18H14FNO/c19-16-11-12-17(21)20(13-16)18(14-7-3-1-4-8-14)15-9-5-2-6-10-15/h1-13,18H. The Labute approximate surface area is 122 Å². The van der Waals surface area contributed by atoms with Gasteiger partial charge in [0.1, 0.15) is 5.82 Å². The molecule has 0 aliphatic heterocycles. The van der Waals surface area contributed by atoms with Gasteiger partial charge in [-0.25, -0.2) is 4.39 Å². The van der Waals surface area contributed by atoms with Crippen molar-refractivity contribution < 1.29 is 4.39 Å². The molecule has 0 saturated heterocycles. The summed E-state index contributed by atoms with van der Waals surface area (Å²) in [6.07, 6.45) is 1.26. The SMILES string of the molecule is O=c1ccc(F)cn1C(c1ccccc1)c1ccccc1. The highest BCUT2D eigenvalue weighted by Crippen LogP contribution is 2.25. The topological polar surface area (TPSA) is 22.0 Å². The first-order valence-electron chi connectivity index (χ1n) is 6.73. The van der Waals surface area contributed by atoms with Crippen LogP contribution in [0.2, 0.25) is 0 Å². The van der Waals surface area contributed by atoms with E-state index in [9.17, 15) is 9.18 Å². The highest BCUT2D eigenvalue weighted by molar-refractivity contribution is 5.32. The number of halogens is 1. The largest absolute Gasteiger partial charge is 0.301 e. The van der Waals surface area contributed by atoms with Crippen molar-refractivity contribution in [3.05, 3.63) is 106 Å². The molecule has 0 atom stereocenters. The number of rotatable bonds is 3. The van der Waals surface area contributed by atoms with Crippen LogP contribution in [0.5, 0.6) is 0 Å². The van der Waals surface area contributed by atoms with E-state index in [0.29, 0.717) is 0 Å². The molecule has 2 nitrogen and oxygen atoms in total. The summed E-state index contributed by atoms with van der Waals surface area (Å²) < 4.78 is 15.0. The van der Waals surface area contributed by atoms with Gasteiger partial charge in [-0.1, -0.05) is 60.7 Å². The number of hydrogen-bond acceptors (Lipinski definition) is 1. The van der Waals surface area contributed by atoms with Crippen LogP contribution in [-0.4, -0.2) is 4.57 Å². The van der Waals surface area contributed by atoms with Gasteiger partial charge in [-0.15, -0.1) is 0 Å². The van der Waals surface area contributed by atoms with Crippen LogP contribution in [0.1, 0.15) is 17.2 Å². The van der Waals surface area contributed by atoms with Crippen LogP contribution in [-0.2, 0) is 0 Å².